The zero-order chi connectivity index (χ0) is 23.8. The van der Waals surface area contributed by atoms with Crippen LogP contribution < -0.4 is 16.2 Å². The summed E-state index contributed by atoms with van der Waals surface area (Å²) in [4.78, 5) is 12.3. The number of anilines is 2. The van der Waals surface area contributed by atoms with Gasteiger partial charge >= 0.3 is 0 Å². The summed E-state index contributed by atoms with van der Waals surface area (Å²) in [6.07, 6.45) is -0.797. The molecule has 0 spiro atoms. The van der Waals surface area contributed by atoms with E-state index in [0.29, 0.717) is 28.0 Å². The van der Waals surface area contributed by atoms with Crippen LogP contribution >= 0.6 is 15.9 Å². The smallest absolute Gasteiger partial charge is 0.164 e. The van der Waals surface area contributed by atoms with E-state index in [1.807, 2.05) is 12.1 Å². The van der Waals surface area contributed by atoms with Crippen LogP contribution in [0.3, 0.4) is 0 Å². The third-order valence-electron chi connectivity index (χ3n) is 6.65. The van der Waals surface area contributed by atoms with E-state index < -0.39 is 36.0 Å². The Kier molecular flexibility index (Phi) is 4.72. The molecule has 0 amide bonds. The molecule has 3 aromatic heterocycles. The lowest BCUT2D eigenvalue weighted by molar-refractivity contribution is -0.0791. The van der Waals surface area contributed by atoms with Crippen molar-refractivity contribution in [3.05, 3.63) is 47.1 Å². The van der Waals surface area contributed by atoms with E-state index in [1.54, 1.807) is 12.1 Å². The van der Waals surface area contributed by atoms with Crippen LogP contribution in [0.5, 0.6) is 5.75 Å². The van der Waals surface area contributed by atoms with Crippen LogP contribution in [0.4, 0.5) is 16.0 Å². The summed E-state index contributed by atoms with van der Waals surface area (Å²) in [6.45, 7) is 0. The molecule has 4 heterocycles. The molecular formula is C22H20BrFN6O4. The minimum Gasteiger partial charge on any atom is -0.488 e. The van der Waals surface area contributed by atoms with Gasteiger partial charge in [0.05, 0.1) is 15.4 Å². The summed E-state index contributed by atoms with van der Waals surface area (Å²) < 4.78 is 28.8. The molecule has 1 saturated carbocycles. The second-order valence-corrected chi connectivity index (χ2v) is 9.48. The minimum atomic E-state index is -1.58. The van der Waals surface area contributed by atoms with Crippen LogP contribution in [0.1, 0.15) is 19.1 Å². The minimum absolute atomic E-state index is 0.0218. The van der Waals surface area contributed by atoms with E-state index in [-0.39, 0.29) is 23.3 Å². The number of hydrogen-bond acceptors (Lipinski definition) is 9. The van der Waals surface area contributed by atoms with Gasteiger partial charge in [-0.3, -0.25) is 0 Å². The summed E-state index contributed by atoms with van der Waals surface area (Å²) in [7, 11) is 0. The van der Waals surface area contributed by atoms with Gasteiger partial charge in [0.1, 0.15) is 47.6 Å². The van der Waals surface area contributed by atoms with Crippen LogP contribution in [-0.4, -0.2) is 53.6 Å². The number of halogens is 2. The quantitative estimate of drug-likeness (QED) is 0.312. The first-order valence-electron chi connectivity index (χ1n) is 10.6. The Labute approximate surface area is 200 Å². The van der Waals surface area contributed by atoms with Crippen molar-refractivity contribution in [2.45, 2.75) is 43.0 Å². The first-order chi connectivity index (χ1) is 16.3. The molecule has 176 valence electrons. The van der Waals surface area contributed by atoms with Crippen molar-refractivity contribution >= 4 is 49.5 Å². The van der Waals surface area contributed by atoms with Gasteiger partial charge in [0.25, 0.3) is 0 Å². The number of rotatable bonds is 3. The van der Waals surface area contributed by atoms with Crippen molar-refractivity contribution in [2.75, 3.05) is 11.5 Å². The third kappa shape index (κ3) is 3.06. The van der Waals surface area contributed by atoms with Crippen LogP contribution in [0.25, 0.3) is 21.9 Å². The van der Waals surface area contributed by atoms with Crippen molar-refractivity contribution < 1.29 is 24.1 Å². The number of nitrogens with zero attached hydrogens (tertiary/aromatic N) is 4. The molecule has 0 bridgehead atoms. The van der Waals surface area contributed by atoms with E-state index in [0.717, 1.165) is 11.6 Å². The second kappa shape index (κ2) is 7.47. The summed E-state index contributed by atoms with van der Waals surface area (Å²) in [5.74, 6) is 0.220. The van der Waals surface area contributed by atoms with E-state index in [2.05, 4.69) is 30.9 Å². The van der Waals surface area contributed by atoms with Crippen molar-refractivity contribution in [1.82, 2.24) is 19.5 Å². The van der Waals surface area contributed by atoms with Gasteiger partial charge in [0, 0.05) is 17.6 Å². The summed E-state index contributed by atoms with van der Waals surface area (Å²) in [5.41, 5.74) is 10.9. The van der Waals surface area contributed by atoms with Crippen molar-refractivity contribution in [1.29, 1.82) is 0 Å². The molecule has 34 heavy (non-hydrogen) atoms. The number of nitrogens with two attached hydrogens (primary N) is 2. The summed E-state index contributed by atoms with van der Waals surface area (Å²) >= 11 is 3.37. The highest BCUT2D eigenvalue weighted by atomic mass is 79.9. The molecule has 4 aromatic rings. The van der Waals surface area contributed by atoms with Gasteiger partial charge in [-0.2, -0.15) is 0 Å². The van der Waals surface area contributed by atoms with Crippen molar-refractivity contribution in [3.63, 3.8) is 0 Å². The van der Waals surface area contributed by atoms with Gasteiger partial charge in [-0.05, 0) is 47.0 Å². The van der Waals surface area contributed by atoms with E-state index in [4.69, 9.17) is 20.9 Å². The van der Waals surface area contributed by atoms with E-state index >= 15 is 0 Å². The molecular weight excluding hydrogens is 511 g/mol. The van der Waals surface area contributed by atoms with Crippen LogP contribution in [0, 0.1) is 5.82 Å². The Bertz CT molecular complexity index is 1450. The highest BCUT2D eigenvalue weighted by Gasteiger charge is 2.63. The molecule has 1 saturated heterocycles. The number of nitrogen functional groups attached to an aromatic ring is 2. The fourth-order valence-corrected chi connectivity index (χ4v) is 5.30. The first kappa shape index (κ1) is 21.5. The predicted octanol–water partition coefficient (Wildman–Crippen LogP) is 2.28. The lowest BCUT2D eigenvalue weighted by atomic mass is 9.94. The average Bonchev–Trinajstić information content (AvgIpc) is 3.39. The Hall–Kier alpha value is -3.06. The molecule has 6 rings (SSSR count). The highest BCUT2D eigenvalue weighted by molar-refractivity contribution is 9.10. The Morgan fingerprint density at radius 3 is 2.88 bits per heavy atom. The maximum atomic E-state index is 14.6. The van der Waals surface area contributed by atoms with E-state index in [9.17, 15) is 14.6 Å². The van der Waals surface area contributed by atoms with Crippen LogP contribution in [0.15, 0.2) is 41.3 Å². The molecule has 0 radical (unpaired) electrons. The molecule has 2 aliphatic rings. The Balaban J connectivity index is 1.31. The normalized spacial score (nSPS) is 28.6. The largest absolute Gasteiger partial charge is 0.488 e. The highest BCUT2D eigenvalue weighted by Crippen LogP contribution is 2.48. The maximum Gasteiger partial charge on any atom is 0.164 e. The van der Waals surface area contributed by atoms with Crippen LogP contribution in [0.2, 0.25) is 0 Å². The molecule has 12 heteroatoms. The fourth-order valence-electron chi connectivity index (χ4n) is 4.96. The molecule has 2 fully saturated rings. The van der Waals surface area contributed by atoms with Crippen LogP contribution in [-0.2, 0) is 4.74 Å². The number of hydrogen-bond donors (Lipinski definition) is 4. The number of fused-ring (bicyclic) bond motifs is 3. The first-order valence-corrected chi connectivity index (χ1v) is 11.4. The lowest BCUT2D eigenvalue weighted by Gasteiger charge is -2.26. The summed E-state index contributed by atoms with van der Waals surface area (Å²) in [5, 5.41) is 23.2. The SMILES string of the molecule is Nc1nc2cc(O[C@H]3CC[C@@]4(O)[C@@H]3O[C@@H](n3cc(F)c5c(N)ncnc53)[C@@H]4O)ccc2cc1Br. The molecule has 5 atom stereocenters. The van der Waals surface area contributed by atoms with Gasteiger partial charge in [-0.25, -0.2) is 19.3 Å². The number of aliphatic hydroxyl groups is 2. The van der Waals surface area contributed by atoms with Gasteiger partial charge in [-0.1, -0.05) is 0 Å². The molecule has 1 aliphatic carbocycles. The third-order valence-corrected chi connectivity index (χ3v) is 7.29. The molecule has 1 aromatic carbocycles. The lowest BCUT2D eigenvalue weighted by Crippen LogP contribution is -2.47. The topological polar surface area (TPSA) is 155 Å². The van der Waals surface area contributed by atoms with Gasteiger partial charge in [0.15, 0.2) is 17.7 Å². The maximum absolute atomic E-state index is 14.6. The molecule has 10 nitrogen and oxygen atoms in total. The number of benzene rings is 1. The molecule has 1 aliphatic heterocycles. The number of ether oxygens (including phenoxy) is 2. The zero-order valence-electron chi connectivity index (χ0n) is 17.6. The number of pyridine rings is 1. The van der Waals surface area contributed by atoms with Gasteiger partial charge in [0.2, 0.25) is 0 Å². The average molecular weight is 531 g/mol. The summed E-state index contributed by atoms with van der Waals surface area (Å²) in [6, 6.07) is 7.27. The fraction of sp³-hybridized carbons (Fsp3) is 0.318. The second-order valence-electron chi connectivity index (χ2n) is 8.63. The predicted molar refractivity (Wildman–Crippen MR) is 124 cm³/mol. The molecule has 0 unspecified atom stereocenters. The van der Waals surface area contributed by atoms with Gasteiger partial charge < -0.3 is 35.7 Å². The van der Waals surface area contributed by atoms with Crippen molar-refractivity contribution in [3.8, 4) is 5.75 Å². The van der Waals surface area contributed by atoms with E-state index in [1.165, 1.54) is 10.9 Å². The number of aliphatic hydroxyl groups excluding tert-OH is 1. The Morgan fingerprint density at radius 1 is 1.24 bits per heavy atom. The standard InChI is InChI=1S/C22H20BrFN6O4/c23-11-5-9-1-2-10(6-13(9)29-18(11)25)33-14-3-4-22(32)16(31)21(34-17(14)22)30-7-12(24)15-19(26)27-8-28-20(15)30/h1-2,5-8,14,16-17,21,31-32H,3-4H2,(H2,25,29)(H2,26,27,28)/t14-,16-,17+,21+,22-/m0/s1. The Morgan fingerprint density at radius 2 is 2.06 bits per heavy atom. The monoisotopic (exact) mass is 530 g/mol. The number of aromatic nitrogens is 4. The zero-order valence-corrected chi connectivity index (χ0v) is 19.2. The molecule has 6 N–H and O–H groups in total. The van der Waals surface area contributed by atoms with Crippen molar-refractivity contribution in [2.24, 2.45) is 0 Å². The van der Waals surface area contributed by atoms with Gasteiger partial charge in [-0.15, -0.1) is 0 Å².